The second-order valence-electron chi connectivity index (χ2n) is 3.56. The average Bonchev–Trinajstić information content (AvgIpc) is 2.29. The minimum atomic E-state index is 0. The van der Waals surface area contributed by atoms with Crippen molar-refractivity contribution in [1.29, 1.82) is 0 Å². The van der Waals surface area contributed by atoms with E-state index in [1.54, 1.807) is 0 Å². The molecule has 16 heavy (non-hydrogen) atoms. The molecule has 0 bridgehead atoms. The zero-order valence-corrected chi connectivity index (χ0v) is 9.98. The summed E-state index contributed by atoms with van der Waals surface area (Å²) in [6.45, 7) is 2.17. The zero-order valence-electron chi connectivity index (χ0n) is 9.23. The third-order valence-electron chi connectivity index (χ3n) is 2.55. The molecule has 0 aliphatic rings. The normalized spacial score (nSPS) is 11.6. The van der Waals surface area contributed by atoms with E-state index in [-0.39, 0.29) is 6.15 Å². The number of hydrogen-bond acceptors (Lipinski definition) is 2. The highest BCUT2D eigenvalue weighted by atomic mass is 35.5. The maximum Gasteiger partial charge on any atom is 0.0408 e. The highest BCUT2D eigenvalue weighted by Crippen LogP contribution is 2.25. The van der Waals surface area contributed by atoms with Crippen LogP contribution in [0.5, 0.6) is 0 Å². The number of benzene rings is 1. The topological polar surface area (TPSA) is 47.9 Å². The Hall–Kier alpha value is -1.38. The molecule has 3 N–H and O–H groups in total. The average molecular weight is 235 g/mol. The fraction of sp³-hybridized carbons (Fsp3) is 0.154. The van der Waals surface area contributed by atoms with Crippen LogP contribution in [0.4, 0.5) is 0 Å². The standard InChI is InChI=1S/C13H12ClN.H3N/c1-10(11-5-7-15-8-6-11)12-3-2-4-13(14)9-12;/h2-10H,1H3;1H3. The van der Waals surface area contributed by atoms with Gasteiger partial charge in [-0.3, -0.25) is 4.98 Å². The molecule has 0 amide bonds. The first-order chi connectivity index (χ1) is 7.27. The summed E-state index contributed by atoms with van der Waals surface area (Å²) in [5.41, 5.74) is 2.49. The molecule has 1 aromatic heterocycles. The van der Waals surface area contributed by atoms with Gasteiger partial charge in [0.05, 0.1) is 0 Å². The van der Waals surface area contributed by atoms with Crippen LogP contribution in [0.1, 0.15) is 24.0 Å². The van der Waals surface area contributed by atoms with Gasteiger partial charge in [0.25, 0.3) is 0 Å². The van der Waals surface area contributed by atoms with Crippen molar-refractivity contribution < 1.29 is 0 Å². The maximum absolute atomic E-state index is 5.96. The van der Waals surface area contributed by atoms with Crippen LogP contribution in [0.25, 0.3) is 0 Å². The van der Waals surface area contributed by atoms with Crippen molar-refractivity contribution in [3.8, 4) is 0 Å². The van der Waals surface area contributed by atoms with Gasteiger partial charge in [-0.15, -0.1) is 0 Å². The number of pyridine rings is 1. The van der Waals surface area contributed by atoms with E-state index in [1.807, 2.05) is 42.7 Å². The molecule has 0 saturated carbocycles. The van der Waals surface area contributed by atoms with E-state index in [2.05, 4.69) is 18.0 Å². The Morgan fingerprint density at radius 2 is 1.75 bits per heavy atom. The predicted molar refractivity (Wildman–Crippen MR) is 68.2 cm³/mol. The molecular weight excluding hydrogens is 220 g/mol. The van der Waals surface area contributed by atoms with E-state index < -0.39 is 0 Å². The number of rotatable bonds is 2. The van der Waals surface area contributed by atoms with Gasteiger partial charge < -0.3 is 6.15 Å². The molecule has 1 heterocycles. The Balaban J connectivity index is 0.00000128. The Morgan fingerprint density at radius 1 is 1.06 bits per heavy atom. The van der Waals surface area contributed by atoms with E-state index in [0.717, 1.165) is 5.02 Å². The highest BCUT2D eigenvalue weighted by Gasteiger charge is 2.07. The molecule has 1 unspecified atom stereocenters. The second-order valence-corrected chi connectivity index (χ2v) is 3.99. The third-order valence-corrected chi connectivity index (χ3v) is 2.79. The molecule has 84 valence electrons. The summed E-state index contributed by atoms with van der Waals surface area (Å²) < 4.78 is 0. The summed E-state index contributed by atoms with van der Waals surface area (Å²) in [6.07, 6.45) is 3.63. The fourth-order valence-electron chi connectivity index (χ4n) is 1.62. The molecule has 3 heteroatoms. The summed E-state index contributed by atoms with van der Waals surface area (Å²) >= 11 is 5.96. The van der Waals surface area contributed by atoms with Gasteiger partial charge in [0.15, 0.2) is 0 Å². The molecule has 1 atom stereocenters. The molecule has 0 radical (unpaired) electrons. The number of hydrogen-bond donors (Lipinski definition) is 1. The van der Waals surface area contributed by atoms with Gasteiger partial charge in [0, 0.05) is 23.3 Å². The van der Waals surface area contributed by atoms with Gasteiger partial charge in [-0.25, -0.2) is 0 Å². The van der Waals surface area contributed by atoms with E-state index in [0.29, 0.717) is 5.92 Å². The lowest BCUT2D eigenvalue weighted by atomic mass is 9.94. The van der Waals surface area contributed by atoms with Crippen molar-refractivity contribution in [2.45, 2.75) is 12.8 Å². The van der Waals surface area contributed by atoms with Crippen molar-refractivity contribution in [3.05, 3.63) is 64.9 Å². The minimum Gasteiger partial charge on any atom is -0.344 e. The molecule has 0 saturated heterocycles. The molecule has 2 rings (SSSR count). The molecule has 0 aliphatic carbocycles. The van der Waals surface area contributed by atoms with Crippen molar-refractivity contribution in [2.24, 2.45) is 0 Å². The summed E-state index contributed by atoms with van der Waals surface area (Å²) in [5.74, 6) is 0.353. The second kappa shape index (κ2) is 5.64. The number of aromatic nitrogens is 1. The minimum absolute atomic E-state index is 0. The smallest absolute Gasteiger partial charge is 0.0408 e. The Kier molecular flexibility index (Phi) is 4.47. The van der Waals surface area contributed by atoms with Crippen LogP contribution in [0.3, 0.4) is 0 Å². The van der Waals surface area contributed by atoms with Gasteiger partial charge >= 0.3 is 0 Å². The van der Waals surface area contributed by atoms with Gasteiger partial charge in [-0.05, 0) is 35.4 Å². The number of halogens is 1. The Morgan fingerprint density at radius 3 is 2.38 bits per heavy atom. The van der Waals surface area contributed by atoms with E-state index in [9.17, 15) is 0 Å². The quantitative estimate of drug-likeness (QED) is 0.852. The largest absolute Gasteiger partial charge is 0.344 e. The fourth-order valence-corrected chi connectivity index (χ4v) is 1.82. The van der Waals surface area contributed by atoms with Gasteiger partial charge in [0.2, 0.25) is 0 Å². The predicted octanol–water partition coefficient (Wildman–Crippen LogP) is 4.05. The zero-order chi connectivity index (χ0) is 10.7. The first-order valence-electron chi connectivity index (χ1n) is 4.93. The SMILES string of the molecule is CC(c1ccncc1)c1cccc(Cl)c1.N. The van der Waals surface area contributed by atoms with Crippen molar-refractivity contribution in [2.75, 3.05) is 0 Å². The molecule has 2 nitrogen and oxygen atoms in total. The number of nitrogens with zero attached hydrogens (tertiary/aromatic N) is 1. The van der Waals surface area contributed by atoms with Crippen molar-refractivity contribution >= 4 is 11.6 Å². The first kappa shape index (κ1) is 12.7. The van der Waals surface area contributed by atoms with Crippen LogP contribution in [-0.4, -0.2) is 4.98 Å². The summed E-state index contributed by atoms with van der Waals surface area (Å²) in [4.78, 5) is 4.01. The van der Waals surface area contributed by atoms with Crippen LogP contribution in [0.2, 0.25) is 5.02 Å². The van der Waals surface area contributed by atoms with Crippen LogP contribution >= 0.6 is 11.6 Å². The van der Waals surface area contributed by atoms with Crippen molar-refractivity contribution in [1.82, 2.24) is 11.1 Å². The lowest BCUT2D eigenvalue weighted by Crippen LogP contribution is -1.95. The van der Waals surface area contributed by atoms with E-state index >= 15 is 0 Å². The molecule has 0 aliphatic heterocycles. The lowest BCUT2D eigenvalue weighted by Gasteiger charge is -2.12. The molecule has 1 aromatic carbocycles. The lowest BCUT2D eigenvalue weighted by molar-refractivity contribution is 0.917. The molecule has 0 spiro atoms. The van der Waals surface area contributed by atoms with E-state index in [1.165, 1.54) is 11.1 Å². The van der Waals surface area contributed by atoms with Crippen LogP contribution in [0.15, 0.2) is 48.8 Å². The monoisotopic (exact) mass is 234 g/mol. The summed E-state index contributed by atoms with van der Waals surface area (Å²) in [7, 11) is 0. The summed E-state index contributed by atoms with van der Waals surface area (Å²) in [5, 5.41) is 0.786. The van der Waals surface area contributed by atoms with Crippen LogP contribution < -0.4 is 6.15 Å². The maximum atomic E-state index is 5.96. The molecular formula is C13H15ClN2. The molecule has 2 aromatic rings. The van der Waals surface area contributed by atoms with E-state index in [4.69, 9.17) is 11.6 Å². The van der Waals surface area contributed by atoms with Crippen LogP contribution in [0, 0.1) is 0 Å². The highest BCUT2D eigenvalue weighted by molar-refractivity contribution is 6.30. The third kappa shape index (κ3) is 2.81. The Bertz CT molecular complexity index is 443. The van der Waals surface area contributed by atoms with Crippen molar-refractivity contribution in [3.63, 3.8) is 0 Å². The summed E-state index contributed by atoms with van der Waals surface area (Å²) in [6, 6.07) is 12.0. The Labute approximate surface area is 101 Å². The van der Waals surface area contributed by atoms with Gasteiger partial charge in [0.1, 0.15) is 0 Å². The molecule has 0 fully saturated rings. The van der Waals surface area contributed by atoms with Crippen LogP contribution in [-0.2, 0) is 0 Å². The first-order valence-corrected chi connectivity index (χ1v) is 5.30. The van der Waals surface area contributed by atoms with Gasteiger partial charge in [-0.1, -0.05) is 30.7 Å². The van der Waals surface area contributed by atoms with Gasteiger partial charge in [-0.2, -0.15) is 0 Å².